The lowest BCUT2D eigenvalue weighted by atomic mass is 10.1. The zero-order valence-corrected chi connectivity index (χ0v) is 21.6. The van der Waals surface area contributed by atoms with E-state index in [1.165, 1.54) is 16.7 Å². The zero-order chi connectivity index (χ0) is 21.9. The van der Waals surface area contributed by atoms with Gasteiger partial charge in [0.25, 0.3) is 0 Å². The van der Waals surface area contributed by atoms with Gasteiger partial charge in [0.05, 0.1) is 12.4 Å². The summed E-state index contributed by atoms with van der Waals surface area (Å²) in [4.78, 5) is 11.0. The van der Waals surface area contributed by atoms with Crippen LogP contribution in [-0.2, 0) is 13.1 Å². The van der Waals surface area contributed by atoms with Crippen LogP contribution in [0.1, 0.15) is 36.6 Å². The molecule has 0 aliphatic rings. The van der Waals surface area contributed by atoms with Gasteiger partial charge in [-0.15, -0.1) is 24.0 Å². The van der Waals surface area contributed by atoms with Gasteiger partial charge in [-0.05, 0) is 29.8 Å². The molecule has 1 unspecified atom stereocenters. The third kappa shape index (κ3) is 7.63. The predicted octanol–water partition coefficient (Wildman–Crippen LogP) is 4.30. The monoisotopic (exact) mass is 546 g/mol. The van der Waals surface area contributed by atoms with Gasteiger partial charge in [-0.25, -0.2) is 4.98 Å². The fraction of sp³-hybridized carbons (Fsp3) is 0.360. The van der Waals surface area contributed by atoms with Crippen molar-refractivity contribution in [2.24, 2.45) is 4.99 Å². The Morgan fingerprint density at radius 1 is 1.00 bits per heavy atom. The smallest absolute Gasteiger partial charge is 0.191 e. The highest BCUT2D eigenvalue weighted by molar-refractivity contribution is 14.0. The molecular formula is C25H35IN6. The quantitative estimate of drug-likeness (QED) is 0.226. The molecule has 0 spiro atoms. The molecule has 0 aliphatic carbocycles. The number of halogens is 1. The lowest BCUT2D eigenvalue weighted by molar-refractivity contribution is 0.219. The van der Waals surface area contributed by atoms with Crippen LogP contribution in [0.4, 0.5) is 0 Å². The van der Waals surface area contributed by atoms with Crippen LogP contribution < -0.4 is 10.6 Å². The van der Waals surface area contributed by atoms with E-state index in [0.717, 1.165) is 38.7 Å². The third-order valence-corrected chi connectivity index (χ3v) is 5.53. The maximum absolute atomic E-state index is 4.41. The number of nitrogens with zero attached hydrogens (tertiary/aromatic N) is 4. The minimum Gasteiger partial charge on any atom is -0.354 e. The topological polar surface area (TPSA) is 57.5 Å². The molecule has 32 heavy (non-hydrogen) atoms. The van der Waals surface area contributed by atoms with Crippen molar-refractivity contribution in [3.8, 4) is 0 Å². The van der Waals surface area contributed by atoms with Crippen LogP contribution in [0.2, 0.25) is 0 Å². The number of aliphatic imine (C=N–C) groups is 1. The number of rotatable bonds is 10. The summed E-state index contributed by atoms with van der Waals surface area (Å²) < 4.78 is 2.07. The van der Waals surface area contributed by atoms with E-state index in [2.05, 4.69) is 98.5 Å². The van der Waals surface area contributed by atoms with Gasteiger partial charge in [-0.2, -0.15) is 0 Å². The van der Waals surface area contributed by atoms with Crippen LogP contribution in [0.3, 0.4) is 0 Å². The van der Waals surface area contributed by atoms with E-state index in [4.69, 9.17) is 0 Å². The van der Waals surface area contributed by atoms with Crippen LogP contribution in [0.5, 0.6) is 0 Å². The number of likely N-dealkylation sites (N-methyl/N-ethyl adjacent to an activating group) is 1. The Kier molecular flexibility index (Phi) is 11.2. The van der Waals surface area contributed by atoms with Crippen molar-refractivity contribution in [1.82, 2.24) is 25.1 Å². The molecule has 0 amide bonds. The second kappa shape index (κ2) is 13.9. The van der Waals surface area contributed by atoms with Gasteiger partial charge in [0, 0.05) is 39.1 Å². The molecule has 6 nitrogen and oxygen atoms in total. The SMILES string of the molecule is CCN(CC)C(CNC(=NC)NCc1ccc(Cn2ccnc2)cc1)c1ccccc1.I. The van der Waals surface area contributed by atoms with E-state index >= 15 is 0 Å². The number of aromatic nitrogens is 2. The largest absolute Gasteiger partial charge is 0.354 e. The number of benzene rings is 2. The summed E-state index contributed by atoms with van der Waals surface area (Å²) in [6.45, 7) is 8.81. The number of hydrogen-bond acceptors (Lipinski definition) is 3. The molecular weight excluding hydrogens is 511 g/mol. The van der Waals surface area contributed by atoms with E-state index in [0.29, 0.717) is 6.04 Å². The Morgan fingerprint density at radius 3 is 2.28 bits per heavy atom. The highest BCUT2D eigenvalue weighted by Gasteiger charge is 2.18. The molecule has 1 aromatic heterocycles. The van der Waals surface area contributed by atoms with Crippen LogP contribution >= 0.6 is 24.0 Å². The number of hydrogen-bond donors (Lipinski definition) is 2. The average Bonchev–Trinajstić information content (AvgIpc) is 3.33. The maximum Gasteiger partial charge on any atom is 0.191 e. The maximum atomic E-state index is 4.41. The summed E-state index contributed by atoms with van der Waals surface area (Å²) in [5.41, 5.74) is 3.80. The number of imidazole rings is 1. The molecule has 3 aromatic rings. The molecule has 2 N–H and O–H groups in total. The van der Waals surface area contributed by atoms with Gasteiger partial charge < -0.3 is 15.2 Å². The molecule has 172 valence electrons. The Balaban J connectivity index is 0.00000363. The predicted molar refractivity (Wildman–Crippen MR) is 143 cm³/mol. The van der Waals surface area contributed by atoms with Crippen molar-refractivity contribution in [3.05, 3.63) is 90.0 Å². The molecule has 3 rings (SSSR count). The first-order chi connectivity index (χ1) is 15.2. The first kappa shape index (κ1) is 25.9. The summed E-state index contributed by atoms with van der Waals surface area (Å²) in [6.07, 6.45) is 5.62. The van der Waals surface area contributed by atoms with Crippen molar-refractivity contribution < 1.29 is 0 Å². The normalized spacial score (nSPS) is 12.3. The summed E-state index contributed by atoms with van der Waals surface area (Å²) in [5, 5.41) is 6.95. The van der Waals surface area contributed by atoms with Crippen molar-refractivity contribution >= 4 is 29.9 Å². The average molecular weight is 547 g/mol. The lowest BCUT2D eigenvalue weighted by Crippen LogP contribution is -2.43. The number of guanidine groups is 1. The van der Waals surface area contributed by atoms with Gasteiger partial charge in [0.15, 0.2) is 5.96 Å². The summed E-state index contributed by atoms with van der Waals surface area (Å²) in [5.74, 6) is 0.815. The van der Waals surface area contributed by atoms with Gasteiger partial charge >= 0.3 is 0 Å². The van der Waals surface area contributed by atoms with Gasteiger partial charge in [-0.1, -0.05) is 68.4 Å². The molecule has 2 aromatic carbocycles. The Hall–Kier alpha value is -2.39. The highest BCUT2D eigenvalue weighted by Crippen LogP contribution is 2.19. The van der Waals surface area contributed by atoms with Crippen molar-refractivity contribution in [3.63, 3.8) is 0 Å². The molecule has 1 heterocycles. The molecule has 0 bridgehead atoms. The van der Waals surface area contributed by atoms with Crippen molar-refractivity contribution in [2.45, 2.75) is 33.0 Å². The van der Waals surface area contributed by atoms with E-state index in [9.17, 15) is 0 Å². The van der Waals surface area contributed by atoms with Crippen LogP contribution in [0, 0.1) is 0 Å². The second-order valence-electron chi connectivity index (χ2n) is 7.51. The number of nitrogens with one attached hydrogen (secondary N) is 2. The van der Waals surface area contributed by atoms with Crippen LogP contribution in [0.15, 0.2) is 78.3 Å². The second-order valence-corrected chi connectivity index (χ2v) is 7.51. The fourth-order valence-electron chi connectivity index (χ4n) is 3.75. The highest BCUT2D eigenvalue weighted by atomic mass is 127. The molecule has 0 fully saturated rings. The molecule has 1 atom stereocenters. The molecule has 0 saturated carbocycles. The zero-order valence-electron chi connectivity index (χ0n) is 19.2. The summed E-state index contributed by atoms with van der Waals surface area (Å²) in [6, 6.07) is 19.6. The lowest BCUT2D eigenvalue weighted by Gasteiger charge is -2.30. The van der Waals surface area contributed by atoms with E-state index in [1.54, 1.807) is 6.20 Å². The van der Waals surface area contributed by atoms with Crippen molar-refractivity contribution in [2.75, 3.05) is 26.7 Å². The summed E-state index contributed by atoms with van der Waals surface area (Å²) >= 11 is 0. The van der Waals surface area contributed by atoms with Crippen molar-refractivity contribution in [1.29, 1.82) is 0 Å². The first-order valence-corrected chi connectivity index (χ1v) is 11.0. The molecule has 7 heteroatoms. The van der Waals surface area contributed by atoms with E-state index < -0.39 is 0 Å². The van der Waals surface area contributed by atoms with Crippen LogP contribution in [0.25, 0.3) is 0 Å². The van der Waals surface area contributed by atoms with Gasteiger partial charge in [0.2, 0.25) is 0 Å². The molecule has 0 radical (unpaired) electrons. The van der Waals surface area contributed by atoms with E-state index in [-0.39, 0.29) is 24.0 Å². The Bertz CT molecular complexity index is 905. The third-order valence-electron chi connectivity index (χ3n) is 5.53. The first-order valence-electron chi connectivity index (χ1n) is 11.0. The van der Waals surface area contributed by atoms with Crippen LogP contribution in [-0.4, -0.2) is 47.1 Å². The minimum atomic E-state index is 0. The van der Waals surface area contributed by atoms with E-state index in [1.807, 2.05) is 19.6 Å². The Morgan fingerprint density at radius 2 is 1.69 bits per heavy atom. The summed E-state index contributed by atoms with van der Waals surface area (Å²) in [7, 11) is 1.82. The molecule has 0 saturated heterocycles. The van der Waals surface area contributed by atoms with Gasteiger partial charge in [-0.3, -0.25) is 9.89 Å². The molecule has 0 aliphatic heterocycles. The minimum absolute atomic E-state index is 0. The standard InChI is InChI=1S/C25H34N6.HI/c1-4-31(5-2)24(23-9-7-6-8-10-23)18-29-25(26-3)28-17-21-11-13-22(14-12-21)19-30-16-15-27-20-30;/h6-16,20,24H,4-5,17-19H2,1-3H3,(H2,26,28,29);1H. The fourth-order valence-corrected chi connectivity index (χ4v) is 3.75. The Labute approximate surface area is 209 Å². The van der Waals surface area contributed by atoms with Gasteiger partial charge in [0.1, 0.15) is 0 Å².